The molecule has 5 heteroatoms. The SMILES string of the molecule is c1ccc(COc2cc3n(n2)CCN(Cc2ccc[nH]2)C3)cc1. The summed E-state index contributed by atoms with van der Waals surface area (Å²) in [6.07, 6.45) is 1.97. The zero-order valence-corrected chi connectivity index (χ0v) is 13.0. The molecule has 0 saturated carbocycles. The summed E-state index contributed by atoms with van der Waals surface area (Å²) in [5, 5.41) is 4.56. The van der Waals surface area contributed by atoms with Crippen molar-refractivity contribution in [1.82, 2.24) is 19.7 Å². The number of nitrogens with zero attached hydrogens (tertiary/aromatic N) is 3. The van der Waals surface area contributed by atoms with E-state index in [0.29, 0.717) is 12.5 Å². The number of H-pyrrole nitrogens is 1. The van der Waals surface area contributed by atoms with Crippen molar-refractivity contribution in [2.24, 2.45) is 0 Å². The Morgan fingerprint density at radius 2 is 2.00 bits per heavy atom. The number of aromatic nitrogens is 3. The molecule has 0 fully saturated rings. The maximum atomic E-state index is 5.83. The van der Waals surface area contributed by atoms with Gasteiger partial charge in [0.05, 0.1) is 12.2 Å². The maximum absolute atomic E-state index is 5.83. The Bertz CT molecular complexity index is 749. The number of fused-ring (bicyclic) bond motifs is 1. The van der Waals surface area contributed by atoms with E-state index in [1.165, 1.54) is 11.4 Å². The molecule has 5 nitrogen and oxygen atoms in total. The molecule has 23 heavy (non-hydrogen) atoms. The van der Waals surface area contributed by atoms with E-state index in [-0.39, 0.29) is 0 Å². The zero-order valence-electron chi connectivity index (χ0n) is 13.0. The predicted octanol–water partition coefficient (Wildman–Crippen LogP) is 2.81. The summed E-state index contributed by atoms with van der Waals surface area (Å²) >= 11 is 0. The largest absolute Gasteiger partial charge is 0.472 e. The van der Waals surface area contributed by atoms with Gasteiger partial charge in [-0.05, 0) is 17.7 Å². The fourth-order valence-corrected chi connectivity index (χ4v) is 2.94. The topological polar surface area (TPSA) is 46.1 Å². The third kappa shape index (κ3) is 3.29. The van der Waals surface area contributed by atoms with Crippen LogP contribution in [0.2, 0.25) is 0 Å². The van der Waals surface area contributed by atoms with E-state index in [0.717, 1.165) is 31.7 Å². The Hall–Kier alpha value is -2.53. The summed E-state index contributed by atoms with van der Waals surface area (Å²) in [5.74, 6) is 0.713. The molecule has 1 aliphatic heterocycles. The zero-order chi connectivity index (χ0) is 15.5. The highest BCUT2D eigenvalue weighted by Crippen LogP contribution is 2.20. The molecular weight excluding hydrogens is 288 g/mol. The molecule has 0 bridgehead atoms. The van der Waals surface area contributed by atoms with Crippen LogP contribution in [0.1, 0.15) is 17.0 Å². The molecule has 1 aromatic carbocycles. The van der Waals surface area contributed by atoms with Crippen LogP contribution < -0.4 is 4.74 Å². The quantitative estimate of drug-likeness (QED) is 0.788. The summed E-state index contributed by atoms with van der Waals surface area (Å²) in [4.78, 5) is 5.68. The normalized spacial score (nSPS) is 14.6. The fourth-order valence-electron chi connectivity index (χ4n) is 2.94. The third-order valence-corrected chi connectivity index (χ3v) is 4.14. The lowest BCUT2D eigenvalue weighted by Crippen LogP contribution is -2.33. The van der Waals surface area contributed by atoms with Crippen LogP contribution in [0, 0.1) is 0 Å². The molecule has 2 aromatic heterocycles. The molecule has 0 radical (unpaired) electrons. The van der Waals surface area contributed by atoms with Crippen LogP contribution in [0.3, 0.4) is 0 Å². The van der Waals surface area contributed by atoms with E-state index >= 15 is 0 Å². The van der Waals surface area contributed by atoms with Gasteiger partial charge >= 0.3 is 0 Å². The highest BCUT2D eigenvalue weighted by Gasteiger charge is 2.19. The van der Waals surface area contributed by atoms with Gasteiger partial charge in [-0.1, -0.05) is 30.3 Å². The minimum absolute atomic E-state index is 0.559. The van der Waals surface area contributed by atoms with Crippen molar-refractivity contribution in [1.29, 1.82) is 0 Å². The van der Waals surface area contributed by atoms with Gasteiger partial charge in [0.2, 0.25) is 5.88 Å². The molecule has 1 aliphatic rings. The second kappa shape index (κ2) is 6.30. The molecule has 118 valence electrons. The van der Waals surface area contributed by atoms with Gasteiger partial charge < -0.3 is 9.72 Å². The van der Waals surface area contributed by atoms with Gasteiger partial charge in [0.15, 0.2) is 0 Å². The van der Waals surface area contributed by atoms with Crippen LogP contribution >= 0.6 is 0 Å². The average Bonchev–Trinajstić information content (AvgIpc) is 3.23. The minimum atomic E-state index is 0.559. The summed E-state index contributed by atoms with van der Waals surface area (Å²) in [5.41, 5.74) is 3.62. The van der Waals surface area contributed by atoms with Crippen molar-refractivity contribution in [3.63, 3.8) is 0 Å². The first kappa shape index (κ1) is 14.1. The molecule has 3 aromatic rings. The summed E-state index contributed by atoms with van der Waals surface area (Å²) in [6.45, 7) is 4.32. The molecule has 1 N–H and O–H groups in total. The number of hydrogen-bond acceptors (Lipinski definition) is 3. The van der Waals surface area contributed by atoms with Crippen molar-refractivity contribution in [2.75, 3.05) is 6.54 Å². The van der Waals surface area contributed by atoms with Crippen molar-refractivity contribution in [3.05, 3.63) is 71.7 Å². The van der Waals surface area contributed by atoms with Crippen molar-refractivity contribution in [3.8, 4) is 5.88 Å². The van der Waals surface area contributed by atoms with E-state index in [2.05, 4.69) is 43.9 Å². The Morgan fingerprint density at radius 1 is 1.09 bits per heavy atom. The predicted molar refractivity (Wildman–Crippen MR) is 87.9 cm³/mol. The summed E-state index contributed by atoms with van der Waals surface area (Å²) in [7, 11) is 0. The van der Waals surface area contributed by atoms with Gasteiger partial charge in [0.1, 0.15) is 6.61 Å². The van der Waals surface area contributed by atoms with Gasteiger partial charge in [0.25, 0.3) is 0 Å². The number of hydrogen-bond donors (Lipinski definition) is 1. The highest BCUT2D eigenvalue weighted by atomic mass is 16.5. The smallest absolute Gasteiger partial charge is 0.233 e. The standard InChI is InChI=1S/C18H20N4O/c1-2-5-15(6-3-1)14-23-18-11-17-13-21(9-10-22(17)20-18)12-16-7-4-8-19-16/h1-8,11,19H,9-10,12-14H2. The Kier molecular flexibility index (Phi) is 3.86. The first-order chi connectivity index (χ1) is 11.4. The highest BCUT2D eigenvalue weighted by molar-refractivity contribution is 5.19. The van der Waals surface area contributed by atoms with E-state index < -0.39 is 0 Å². The van der Waals surface area contributed by atoms with Gasteiger partial charge in [-0.25, -0.2) is 0 Å². The number of rotatable bonds is 5. The molecule has 3 heterocycles. The van der Waals surface area contributed by atoms with Gasteiger partial charge in [-0.15, -0.1) is 5.10 Å². The van der Waals surface area contributed by atoms with E-state index in [9.17, 15) is 0 Å². The number of aromatic amines is 1. The van der Waals surface area contributed by atoms with Crippen molar-refractivity contribution in [2.45, 2.75) is 26.2 Å². The van der Waals surface area contributed by atoms with E-state index in [4.69, 9.17) is 4.74 Å². The lowest BCUT2D eigenvalue weighted by molar-refractivity contribution is 0.202. The lowest BCUT2D eigenvalue weighted by atomic mass is 10.2. The van der Waals surface area contributed by atoms with Crippen LogP contribution in [-0.2, 0) is 26.2 Å². The average molecular weight is 308 g/mol. The molecule has 0 amide bonds. The second-order valence-corrected chi connectivity index (χ2v) is 5.88. The van der Waals surface area contributed by atoms with Crippen LogP contribution in [0.4, 0.5) is 0 Å². The molecule has 0 unspecified atom stereocenters. The molecule has 0 atom stereocenters. The first-order valence-corrected chi connectivity index (χ1v) is 7.95. The Balaban J connectivity index is 1.39. The van der Waals surface area contributed by atoms with Crippen molar-refractivity contribution < 1.29 is 4.74 Å². The van der Waals surface area contributed by atoms with Crippen molar-refractivity contribution >= 4 is 0 Å². The van der Waals surface area contributed by atoms with E-state index in [1.54, 1.807) is 0 Å². The number of nitrogens with one attached hydrogen (secondary N) is 1. The summed E-state index contributed by atoms with van der Waals surface area (Å²) in [6, 6.07) is 16.4. The number of benzene rings is 1. The molecule has 0 saturated heterocycles. The molecule has 0 aliphatic carbocycles. The van der Waals surface area contributed by atoms with Crippen LogP contribution in [0.25, 0.3) is 0 Å². The minimum Gasteiger partial charge on any atom is -0.472 e. The monoisotopic (exact) mass is 308 g/mol. The lowest BCUT2D eigenvalue weighted by Gasteiger charge is -2.26. The van der Waals surface area contributed by atoms with Gasteiger partial charge in [0, 0.05) is 37.6 Å². The van der Waals surface area contributed by atoms with Crippen LogP contribution in [0.15, 0.2) is 54.7 Å². The van der Waals surface area contributed by atoms with E-state index in [1.807, 2.05) is 30.5 Å². The van der Waals surface area contributed by atoms with Gasteiger partial charge in [-0.3, -0.25) is 9.58 Å². The molecule has 4 rings (SSSR count). The summed E-state index contributed by atoms with van der Waals surface area (Å²) < 4.78 is 7.89. The number of ether oxygens (including phenoxy) is 1. The Morgan fingerprint density at radius 3 is 2.83 bits per heavy atom. The maximum Gasteiger partial charge on any atom is 0.233 e. The molecular formula is C18H20N4O. The van der Waals surface area contributed by atoms with Gasteiger partial charge in [-0.2, -0.15) is 0 Å². The third-order valence-electron chi connectivity index (χ3n) is 4.14. The van der Waals surface area contributed by atoms with Crippen LogP contribution in [0.5, 0.6) is 5.88 Å². The second-order valence-electron chi connectivity index (χ2n) is 5.88. The Labute approximate surface area is 135 Å². The first-order valence-electron chi connectivity index (χ1n) is 7.95. The van der Waals surface area contributed by atoms with Crippen LogP contribution in [-0.4, -0.2) is 26.2 Å². The molecule has 0 spiro atoms. The fraction of sp³-hybridized carbons (Fsp3) is 0.278.